The fourth-order valence-corrected chi connectivity index (χ4v) is 3.91. The molecule has 29 heavy (non-hydrogen) atoms. The standard InChI is InChI=1S/C21H23N3O4S/c1-4-27-19-12-17(10-11-18(19)28-13-16-8-6-5-7-9-16)20-24(15(3)26)23-21(29-20)22-14(2)25/h5-12,20H,4,13H2,1-3H3,(H,22,23,25)/t20-/m0/s1. The quantitative estimate of drug-likeness (QED) is 0.782. The van der Waals surface area contributed by atoms with Crippen LogP contribution in [0.15, 0.2) is 53.6 Å². The number of hydrogen-bond donors (Lipinski definition) is 1. The monoisotopic (exact) mass is 413 g/mol. The first-order valence-electron chi connectivity index (χ1n) is 9.24. The molecule has 0 saturated heterocycles. The van der Waals surface area contributed by atoms with E-state index in [0.717, 1.165) is 11.1 Å². The van der Waals surface area contributed by atoms with Crippen molar-refractivity contribution in [3.05, 3.63) is 59.7 Å². The minimum atomic E-state index is -0.392. The van der Waals surface area contributed by atoms with Gasteiger partial charge in [-0.1, -0.05) is 48.2 Å². The number of hydrazone groups is 1. The number of ether oxygens (including phenoxy) is 2. The lowest BCUT2D eigenvalue weighted by atomic mass is 10.2. The van der Waals surface area contributed by atoms with Crippen LogP contribution in [0.25, 0.3) is 0 Å². The topological polar surface area (TPSA) is 80.2 Å². The number of rotatable bonds is 6. The molecule has 0 radical (unpaired) electrons. The van der Waals surface area contributed by atoms with Gasteiger partial charge in [0.05, 0.1) is 6.61 Å². The first-order valence-corrected chi connectivity index (χ1v) is 10.1. The summed E-state index contributed by atoms with van der Waals surface area (Å²) >= 11 is 1.30. The molecule has 1 aliphatic heterocycles. The average Bonchev–Trinajstić information content (AvgIpc) is 3.11. The van der Waals surface area contributed by atoms with E-state index in [1.54, 1.807) is 0 Å². The second-order valence-electron chi connectivity index (χ2n) is 6.33. The second-order valence-corrected chi connectivity index (χ2v) is 7.40. The van der Waals surface area contributed by atoms with Gasteiger partial charge in [0.2, 0.25) is 11.8 Å². The Balaban J connectivity index is 1.81. The molecule has 0 bridgehead atoms. The molecule has 2 aromatic rings. The van der Waals surface area contributed by atoms with Crippen molar-refractivity contribution in [2.75, 3.05) is 6.61 Å². The van der Waals surface area contributed by atoms with Gasteiger partial charge in [0.25, 0.3) is 0 Å². The lowest BCUT2D eigenvalue weighted by Gasteiger charge is -2.21. The molecule has 0 spiro atoms. The SMILES string of the molecule is CCOc1cc([C@@H]2SC(NC(C)=O)=NN2C(C)=O)ccc1OCc1ccccc1. The lowest BCUT2D eigenvalue weighted by molar-refractivity contribution is -0.129. The van der Waals surface area contributed by atoms with Crippen molar-refractivity contribution < 1.29 is 19.1 Å². The molecule has 7 nitrogen and oxygen atoms in total. The molecule has 2 amide bonds. The summed E-state index contributed by atoms with van der Waals surface area (Å²) < 4.78 is 11.7. The summed E-state index contributed by atoms with van der Waals surface area (Å²) in [5, 5.41) is 8.21. The number of nitrogens with one attached hydrogen (secondary N) is 1. The highest BCUT2D eigenvalue weighted by atomic mass is 32.2. The van der Waals surface area contributed by atoms with E-state index < -0.39 is 5.37 Å². The van der Waals surface area contributed by atoms with Crippen LogP contribution < -0.4 is 14.8 Å². The highest BCUT2D eigenvalue weighted by Crippen LogP contribution is 2.41. The third-order valence-corrected chi connectivity index (χ3v) is 5.14. The van der Waals surface area contributed by atoms with Gasteiger partial charge < -0.3 is 14.8 Å². The maximum atomic E-state index is 12.0. The Morgan fingerprint density at radius 2 is 1.86 bits per heavy atom. The summed E-state index contributed by atoms with van der Waals surface area (Å²) in [5.74, 6) is 0.767. The molecule has 0 aliphatic carbocycles. The Morgan fingerprint density at radius 1 is 1.10 bits per heavy atom. The van der Waals surface area contributed by atoms with E-state index in [9.17, 15) is 9.59 Å². The number of amidine groups is 1. The van der Waals surface area contributed by atoms with Gasteiger partial charge >= 0.3 is 0 Å². The maximum Gasteiger partial charge on any atom is 0.241 e. The van der Waals surface area contributed by atoms with E-state index in [-0.39, 0.29) is 11.8 Å². The summed E-state index contributed by atoms with van der Waals surface area (Å²) in [6.07, 6.45) is 0. The number of hydrogen-bond acceptors (Lipinski definition) is 6. The van der Waals surface area contributed by atoms with Crippen LogP contribution in [0, 0.1) is 0 Å². The van der Waals surface area contributed by atoms with Gasteiger partial charge in [-0.2, -0.15) is 0 Å². The number of amides is 2. The van der Waals surface area contributed by atoms with E-state index in [2.05, 4.69) is 10.4 Å². The molecule has 2 aromatic carbocycles. The van der Waals surface area contributed by atoms with Gasteiger partial charge in [0.1, 0.15) is 12.0 Å². The van der Waals surface area contributed by atoms with Crippen LogP contribution in [0.2, 0.25) is 0 Å². The maximum absolute atomic E-state index is 12.0. The van der Waals surface area contributed by atoms with E-state index in [1.165, 1.54) is 30.6 Å². The van der Waals surface area contributed by atoms with E-state index in [4.69, 9.17) is 9.47 Å². The van der Waals surface area contributed by atoms with E-state index in [0.29, 0.717) is 29.9 Å². The van der Waals surface area contributed by atoms with Crippen LogP contribution in [0.5, 0.6) is 11.5 Å². The summed E-state index contributed by atoms with van der Waals surface area (Å²) in [6, 6.07) is 15.4. The Labute approximate surface area is 174 Å². The van der Waals surface area contributed by atoms with Crippen molar-refractivity contribution in [2.24, 2.45) is 5.10 Å². The number of nitrogens with zero attached hydrogens (tertiary/aromatic N) is 2. The summed E-state index contributed by atoms with van der Waals surface area (Å²) in [5.41, 5.74) is 1.88. The molecule has 3 rings (SSSR count). The van der Waals surface area contributed by atoms with Crippen molar-refractivity contribution in [1.29, 1.82) is 0 Å². The van der Waals surface area contributed by atoms with Crippen molar-refractivity contribution >= 4 is 28.7 Å². The molecule has 152 valence electrons. The van der Waals surface area contributed by atoms with Crippen LogP contribution in [-0.4, -0.2) is 28.6 Å². The zero-order chi connectivity index (χ0) is 20.8. The number of carbonyl (C=O) groups is 2. The first-order chi connectivity index (χ1) is 14.0. The highest BCUT2D eigenvalue weighted by molar-refractivity contribution is 8.14. The summed E-state index contributed by atoms with van der Waals surface area (Å²) in [7, 11) is 0. The molecule has 1 heterocycles. The smallest absolute Gasteiger partial charge is 0.241 e. The summed E-state index contributed by atoms with van der Waals surface area (Å²) in [4.78, 5) is 23.4. The third kappa shape index (κ3) is 5.29. The molecule has 0 fully saturated rings. The third-order valence-electron chi connectivity index (χ3n) is 4.04. The number of benzene rings is 2. The van der Waals surface area contributed by atoms with Gasteiger partial charge in [0.15, 0.2) is 16.7 Å². The van der Waals surface area contributed by atoms with Crippen molar-refractivity contribution in [2.45, 2.75) is 32.8 Å². The Morgan fingerprint density at radius 3 is 2.52 bits per heavy atom. The fourth-order valence-electron chi connectivity index (χ4n) is 2.78. The van der Waals surface area contributed by atoms with Gasteiger partial charge in [-0.05, 0) is 30.2 Å². The van der Waals surface area contributed by atoms with Gasteiger partial charge in [0, 0.05) is 13.8 Å². The highest BCUT2D eigenvalue weighted by Gasteiger charge is 2.32. The Kier molecular flexibility index (Phi) is 6.77. The molecule has 1 aliphatic rings. The Hall–Kier alpha value is -3.00. The van der Waals surface area contributed by atoms with Crippen LogP contribution in [0.3, 0.4) is 0 Å². The van der Waals surface area contributed by atoms with Crippen LogP contribution in [0.4, 0.5) is 0 Å². The largest absolute Gasteiger partial charge is 0.490 e. The second kappa shape index (κ2) is 9.47. The van der Waals surface area contributed by atoms with Crippen LogP contribution in [0.1, 0.15) is 37.3 Å². The number of thioether (sulfide) groups is 1. The van der Waals surface area contributed by atoms with Crippen LogP contribution >= 0.6 is 11.8 Å². The zero-order valence-electron chi connectivity index (χ0n) is 16.5. The van der Waals surface area contributed by atoms with Crippen LogP contribution in [-0.2, 0) is 16.2 Å². The first kappa shape index (κ1) is 20.7. The minimum Gasteiger partial charge on any atom is -0.490 e. The zero-order valence-corrected chi connectivity index (χ0v) is 17.4. The average molecular weight is 413 g/mol. The normalized spacial score (nSPS) is 15.6. The molecule has 0 unspecified atom stereocenters. The van der Waals surface area contributed by atoms with Crippen molar-refractivity contribution in [3.63, 3.8) is 0 Å². The molecular formula is C21H23N3O4S. The molecule has 0 saturated carbocycles. The minimum absolute atomic E-state index is 0.217. The molecule has 1 atom stereocenters. The predicted octanol–water partition coefficient (Wildman–Crippen LogP) is 3.67. The van der Waals surface area contributed by atoms with Crippen molar-refractivity contribution in [3.8, 4) is 11.5 Å². The van der Waals surface area contributed by atoms with E-state index >= 15 is 0 Å². The van der Waals surface area contributed by atoms with Gasteiger partial charge in [-0.3, -0.25) is 9.59 Å². The van der Waals surface area contributed by atoms with Gasteiger partial charge in [-0.25, -0.2) is 5.01 Å². The predicted molar refractivity (Wildman–Crippen MR) is 112 cm³/mol. The Bertz CT molecular complexity index is 917. The fraction of sp³-hybridized carbons (Fsp3) is 0.286. The molecular weight excluding hydrogens is 390 g/mol. The van der Waals surface area contributed by atoms with E-state index in [1.807, 2.05) is 55.5 Å². The molecule has 0 aromatic heterocycles. The lowest BCUT2D eigenvalue weighted by Crippen LogP contribution is -2.25. The molecule has 1 N–H and O–H groups in total. The summed E-state index contributed by atoms with van der Waals surface area (Å²) in [6.45, 7) is 5.65. The van der Waals surface area contributed by atoms with Crippen molar-refractivity contribution in [1.82, 2.24) is 10.3 Å². The number of carbonyl (C=O) groups excluding carboxylic acids is 2. The van der Waals surface area contributed by atoms with Gasteiger partial charge in [-0.15, -0.1) is 5.10 Å². The molecule has 8 heteroatoms.